The van der Waals surface area contributed by atoms with Crippen molar-refractivity contribution in [2.24, 2.45) is 0 Å². The van der Waals surface area contributed by atoms with Gasteiger partial charge in [-0.1, -0.05) is 15.9 Å². The van der Waals surface area contributed by atoms with Gasteiger partial charge in [0, 0.05) is 10.0 Å². The summed E-state index contributed by atoms with van der Waals surface area (Å²) in [6.45, 7) is 1.43. The highest BCUT2D eigenvalue weighted by Gasteiger charge is 2.08. The number of rotatable bonds is 3. The molecule has 1 aromatic rings. The van der Waals surface area contributed by atoms with Crippen LogP contribution in [0.2, 0.25) is 0 Å². The monoisotopic (exact) mass is 272 g/mol. The molecule has 0 atom stereocenters. The molecule has 1 rings (SSSR count). The summed E-state index contributed by atoms with van der Waals surface area (Å²) in [5.41, 5.74) is 0.527. The number of methoxy groups -OCH3 is 1. The van der Waals surface area contributed by atoms with Gasteiger partial charge in [-0.25, -0.2) is 4.39 Å². The summed E-state index contributed by atoms with van der Waals surface area (Å²) >= 11 is 3.17. The molecule has 0 unspecified atom stereocenters. The molecule has 0 fully saturated rings. The number of hydrogen-bond acceptors (Lipinski definition) is 2. The fourth-order valence-electron chi connectivity index (χ4n) is 1.13. The lowest BCUT2D eigenvalue weighted by molar-refractivity contribution is -0.112. The van der Waals surface area contributed by atoms with Gasteiger partial charge in [0.15, 0.2) is 17.3 Å². The molecule has 0 amide bonds. The fourth-order valence-corrected chi connectivity index (χ4v) is 1.57. The van der Waals surface area contributed by atoms with E-state index in [0.717, 1.165) is 0 Å². The van der Waals surface area contributed by atoms with E-state index in [2.05, 4.69) is 15.9 Å². The van der Waals surface area contributed by atoms with Gasteiger partial charge in [-0.15, -0.1) is 0 Å². The van der Waals surface area contributed by atoms with E-state index >= 15 is 0 Å². The van der Waals surface area contributed by atoms with Crippen molar-refractivity contribution in [3.05, 3.63) is 34.1 Å². The molecule has 0 radical (unpaired) electrons. The first kappa shape index (κ1) is 11.9. The second-order valence-corrected chi connectivity index (χ2v) is 3.87. The van der Waals surface area contributed by atoms with E-state index in [9.17, 15) is 9.18 Å². The smallest absolute Gasteiger partial charge is 0.166 e. The van der Waals surface area contributed by atoms with Gasteiger partial charge in [-0.2, -0.15) is 0 Å². The fraction of sp³-hybridized carbons (Fsp3) is 0.182. The molecule has 4 heteroatoms. The van der Waals surface area contributed by atoms with E-state index in [-0.39, 0.29) is 11.5 Å². The Morgan fingerprint density at radius 1 is 1.53 bits per heavy atom. The summed E-state index contributed by atoms with van der Waals surface area (Å²) in [4.78, 5) is 10.8. The minimum atomic E-state index is -0.463. The Morgan fingerprint density at radius 2 is 2.20 bits per heavy atom. The van der Waals surface area contributed by atoms with Crippen LogP contribution in [0.25, 0.3) is 6.08 Å². The van der Waals surface area contributed by atoms with Gasteiger partial charge in [0.25, 0.3) is 0 Å². The van der Waals surface area contributed by atoms with E-state index in [1.165, 1.54) is 32.3 Å². The van der Waals surface area contributed by atoms with Crippen LogP contribution in [0.15, 0.2) is 22.7 Å². The summed E-state index contributed by atoms with van der Waals surface area (Å²) < 4.78 is 18.9. The van der Waals surface area contributed by atoms with Crippen LogP contribution in [-0.2, 0) is 4.79 Å². The predicted molar refractivity (Wildman–Crippen MR) is 60.4 cm³/mol. The lowest BCUT2D eigenvalue weighted by atomic mass is 10.1. The quantitative estimate of drug-likeness (QED) is 0.790. The number of ether oxygens (including phenoxy) is 1. The molecule has 0 aliphatic heterocycles. The third kappa shape index (κ3) is 3.16. The molecule has 15 heavy (non-hydrogen) atoms. The SMILES string of the molecule is COc1c(F)cc(Br)cc1/C=C/C(C)=O. The molecule has 2 nitrogen and oxygen atoms in total. The van der Waals surface area contributed by atoms with Crippen molar-refractivity contribution < 1.29 is 13.9 Å². The largest absolute Gasteiger partial charge is 0.493 e. The Morgan fingerprint density at radius 3 is 2.73 bits per heavy atom. The summed E-state index contributed by atoms with van der Waals surface area (Å²) in [6, 6.07) is 2.99. The average Bonchev–Trinajstić information content (AvgIpc) is 2.13. The molecule has 0 aliphatic rings. The lowest BCUT2D eigenvalue weighted by Gasteiger charge is -2.06. The minimum absolute atomic E-state index is 0.0996. The van der Waals surface area contributed by atoms with Crippen LogP contribution in [0, 0.1) is 5.82 Å². The van der Waals surface area contributed by atoms with Gasteiger partial charge >= 0.3 is 0 Å². The first-order chi connectivity index (χ1) is 7.04. The molecular weight excluding hydrogens is 263 g/mol. The number of ketones is 1. The second-order valence-electron chi connectivity index (χ2n) is 2.95. The number of carbonyl (C=O) groups is 1. The van der Waals surface area contributed by atoms with E-state index in [1.54, 1.807) is 6.07 Å². The average molecular weight is 273 g/mol. The second kappa shape index (κ2) is 5.07. The molecular formula is C11H10BrFO2. The van der Waals surface area contributed by atoms with Gasteiger partial charge in [-0.3, -0.25) is 4.79 Å². The lowest BCUT2D eigenvalue weighted by Crippen LogP contribution is -1.92. The third-order valence-electron chi connectivity index (χ3n) is 1.74. The van der Waals surface area contributed by atoms with Crippen LogP contribution in [0.1, 0.15) is 12.5 Å². The maximum atomic E-state index is 13.4. The van der Waals surface area contributed by atoms with E-state index in [1.807, 2.05) is 0 Å². The summed E-state index contributed by atoms with van der Waals surface area (Å²) in [7, 11) is 1.39. The number of carbonyl (C=O) groups excluding carboxylic acids is 1. The molecule has 0 aliphatic carbocycles. The molecule has 0 spiro atoms. The number of halogens is 2. The van der Waals surface area contributed by atoms with Crippen molar-refractivity contribution >= 4 is 27.8 Å². The van der Waals surface area contributed by atoms with Gasteiger partial charge in [0.1, 0.15) is 0 Å². The molecule has 0 saturated carbocycles. The molecule has 0 bridgehead atoms. The molecule has 1 aromatic carbocycles. The maximum absolute atomic E-state index is 13.4. The van der Waals surface area contributed by atoms with Crippen molar-refractivity contribution in [3.63, 3.8) is 0 Å². The standard InChI is InChI=1S/C11H10BrFO2/c1-7(14)3-4-8-5-9(12)6-10(13)11(8)15-2/h3-6H,1-2H3/b4-3+. The van der Waals surface area contributed by atoms with Crippen LogP contribution < -0.4 is 4.74 Å². The third-order valence-corrected chi connectivity index (χ3v) is 2.20. The van der Waals surface area contributed by atoms with Crippen LogP contribution in [0.3, 0.4) is 0 Å². The highest BCUT2D eigenvalue weighted by Crippen LogP contribution is 2.27. The van der Waals surface area contributed by atoms with Gasteiger partial charge in [0.05, 0.1) is 7.11 Å². The maximum Gasteiger partial charge on any atom is 0.166 e. The van der Waals surface area contributed by atoms with E-state index in [0.29, 0.717) is 10.0 Å². The predicted octanol–water partition coefficient (Wildman–Crippen LogP) is 3.20. The molecule has 0 N–H and O–H groups in total. The molecule has 0 heterocycles. The van der Waals surface area contributed by atoms with Crippen LogP contribution in [-0.4, -0.2) is 12.9 Å². The van der Waals surface area contributed by atoms with E-state index < -0.39 is 5.82 Å². The molecule has 0 aromatic heterocycles. The molecule has 80 valence electrons. The van der Waals surface area contributed by atoms with Gasteiger partial charge in [-0.05, 0) is 31.2 Å². The zero-order valence-corrected chi connectivity index (χ0v) is 9.97. The highest BCUT2D eigenvalue weighted by atomic mass is 79.9. The van der Waals surface area contributed by atoms with Crippen molar-refractivity contribution in [2.75, 3.05) is 7.11 Å². The zero-order valence-electron chi connectivity index (χ0n) is 8.38. The zero-order chi connectivity index (χ0) is 11.4. The van der Waals surface area contributed by atoms with Crippen molar-refractivity contribution in [1.29, 1.82) is 0 Å². The van der Waals surface area contributed by atoms with Crippen molar-refractivity contribution in [1.82, 2.24) is 0 Å². The topological polar surface area (TPSA) is 26.3 Å². The Kier molecular flexibility index (Phi) is 4.03. The molecule has 0 saturated heterocycles. The summed E-state index contributed by atoms with van der Waals surface area (Å²) in [5.74, 6) is -0.428. The Labute approximate surface area is 95.9 Å². The minimum Gasteiger partial charge on any atom is -0.493 e. The van der Waals surface area contributed by atoms with Crippen LogP contribution in [0.5, 0.6) is 5.75 Å². The Hall–Kier alpha value is -1.16. The van der Waals surface area contributed by atoms with Crippen molar-refractivity contribution in [3.8, 4) is 5.75 Å². The number of hydrogen-bond donors (Lipinski definition) is 0. The first-order valence-corrected chi connectivity index (χ1v) is 5.05. The Bertz CT molecular complexity index is 413. The van der Waals surface area contributed by atoms with Crippen LogP contribution >= 0.6 is 15.9 Å². The highest BCUT2D eigenvalue weighted by molar-refractivity contribution is 9.10. The summed E-state index contributed by atoms with van der Waals surface area (Å²) in [5, 5.41) is 0. The van der Waals surface area contributed by atoms with Gasteiger partial charge in [0.2, 0.25) is 0 Å². The van der Waals surface area contributed by atoms with E-state index in [4.69, 9.17) is 4.74 Å². The van der Waals surface area contributed by atoms with Gasteiger partial charge < -0.3 is 4.74 Å². The normalized spacial score (nSPS) is 10.7. The Balaban J connectivity index is 3.20. The van der Waals surface area contributed by atoms with Crippen LogP contribution in [0.4, 0.5) is 4.39 Å². The van der Waals surface area contributed by atoms with Crippen molar-refractivity contribution in [2.45, 2.75) is 6.92 Å². The number of allylic oxidation sites excluding steroid dienone is 1. The number of benzene rings is 1. The first-order valence-electron chi connectivity index (χ1n) is 4.26. The summed E-state index contributed by atoms with van der Waals surface area (Å²) in [6.07, 6.45) is 2.89.